The molecular formula is C22H28N4O2S2. The number of thiophene rings is 1. The molecule has 0 saturated carbocycles. The summed E-state index contributed by atoms with van der Waals surface area (Å²) in [5, 5.41) is 3.46. The van der Waals surface area contributed by atoms with Gasteiger partial charge in [0.1, 0.15) is 10.7 Å². The minimum Gasteiger partial charge on any atom is -0.375 e. The summed E-state index contributed by atoms with van der Waals surface area (Å²) < 4.78 is 0. The van der Waals surface area contributed by atoms with E-state index in [0.717, 1.165) is 28.2 Å². The number of carbonyl (C=O) groups is 1. The Kier molecular flexibility index (Phi) is 7.55. The highest BCUT2D eigenvalue weighted by molar-refractivity contribution is 7.99. The molecule has 6 nitrogen and oxygen atoms in total. The minimum atomic E-state index is -0.218. The lowest BCUT2D eigenvalue weighted by Crippen LogP contribution is -2.33. The van der Waals surface area contributed by atoms with Gasteiger partial charge < -0.3 is 15.2 Å². The molecule has 3 rings (SSSR count). The van der Waals surface area contributed by atoms with Gasteiger partial charge in [0.2, 0.25) is 5.91 Å². The molecule has 0 bridgehead atoms. The Bertz CT molecular complexity index is 1060. The zero-order chi connectivity index (χ0) is 21.7. The lowest BCUT2D eigenvalue weighted by Gasteiger charge is -2.19. The van der Waals surface area contributed by atoms with Gasteiger partial charge in [-0.05, 0) is 44.9 Å². The largest absolute Gasteiger partial charge is 0.375 e. The van der Waals surface area contributed by atoms with Crippen molar-refractivity contribution in [3.05, 3.63) is 57.0 Å². The SMILES string of the molecule is Cc1sc2nc(CSC(C)C(=O)NCCCN(C)c3ccccc3)[nH]c(=O)c2c1C. The maximum atomic E-state index is 12.4. The van der Waals surface area contributed by atoms with Crippen LogP contribution in [0.4, 0.5) is 5.69 Å². The molecule has 30 heavy (non-hydrogen) atoms. The predicted molar refractivity (Wildman–Crippen MR) is 128 cm³/mol. The maximum Gasteiger partial charge on any atom is 0.259 e. The first-order valence-corrected chi connectivity index (χ1v) is 11.9. The van der Waals surface area contributed by atoms with Gasteiger partial charge in [-0.15, -0.1) is 23.1 Å². The Labute approximate surface area is 185 Å². The van der Waals surface area contributed by atoms with Gasteiger partial charge in [0.05, 0.1) is 16.4 Å². The van der Waals surface area contributed by atoms with Gasteiger partial charge in [-0.25, -0.2) is 4.98 Å². The van der Waals surface area contributed by atoms with E-state index in [2.05, 4.69) is 39.4 Å². The van der Waals surface area contributed by atoms with E-state index in [1.807, 2.05) is 39.0 Å². The maximum absolute atomic E-state index is 12.4. The quantitative estimate of drug-likeness (QED) is 0.490. The Morgan fingerprint density at radius 3 is 2.77 bits per heavy atom. The van der Waals surface area contributed by atoms with Gasteiger partial charge in [-0.2, -0.15) is 0 Å². The highest BCUT2D eigenvalue weighted by Crippen LogP contribution is 2.26. The van der Waals surface area contributed by atoms with Crippen LogP contribution in [-0.2, 0) is 10.5 Å². The van der Waals surface area contributed by atoms with Crippen molar-refractivity contribution < 1.29 is 4.79 Å². The Balaban J connectivity index is 1.44. The first-order valence-electron chi connectivity index (χ1n) is 10.0. The molecule has 1 atom stereocenters. The van der Waals surface area contributed by atoms with Crippen LogP contribution in [0.5, 0.6) is 0 Å². The Hall–Kier alpha value is -2.32. The number of anilines is 1. The molecule has 0 spiro atoms. The highest BCUT2D eigenvalue weighted by atomic mass is 32.2. The molecule has 0 radical (unpaired) electrons. The summed E-state index contributed by atoms with van der Waals surface area (Å²) >= 11 is 3.01. The Morgan fingerprint density at radius 1 is 1.30 bits per heavy atom. The smallest absolute Gasteiger partial charge is 0.259 e. The van der Waals surface area contributed by atoms with Crippen LogP contribution in [0.2, 0.25) is 0 Å². The normalized spacial score (nSPS) is 12.1. The van der Waals surface area contributed by atoms with E-state index in [9.17, 15) is 9.59 Å². The van der Waals surface area contributed by atoms with E-state index in [1.165, 1.54) is 28.8 Å². The molecule has 0 aliphatic heterocycles. The van der Waals surface area contributed by atoms with Gasteiger partial charge in [0, 0.05) is 30.7 Å². The topological polar surface area (TPSA) is 78.1 Å². The van der Waals surface area contributed by atoms with Crippen LogP contribution in [0.3, 0.4) is 0 Å². The van der Waals surface area contributed by atoms with Gasteiger partial charge >= 0.3 is 0 Å². The monoisotopic (exact) mass is 444 g/mol. The number of nitrogens with zero attached hydrogens (tertiary/aromatic N) is 2. The molecule has 2 heterocycles. The highest BCUT2D eigenvalue weighted by Gasteiger charge is 2.16. The molecule has 1 unspecified atom stereocenters. The molecule has 2 N–H and O–H groups in total. The van der Waals surface area contributed by atoms with Crippen LogP contribution < -0.4 is 15.8 Å². The third-order valence-electron chi connectivity index (χ3n) is 5.09. The summed E-state index contributed by atoms with van der Waals surface area (Å²) in [5.74, 6) is 1.11. The lowest BCUT2D eigenvalue weighted by atomic mass is 10.2. The first kappa shape index (κ1) is 22.4. The zero-order valence-electron chi connectivity index (χ0n) is 17.8. The molecule has 0 fully saturated rings. The summed E-state index contributed by atoms with van der Waals surface area (Å²) in [5.41, 5.74) is 2.06. The third-order valence-corrected chi connectivity index (χ3v) is 7.35. The summed E-state index contributed by atoms with van der Waals surface area (Å²) in [4.78, 5) is 36.2. The fraction of sp³-hybridized carbons (Fsp3) is 0.409. The van der Waals surface area contributed by atoms with Crippen molar-refractivity contribution in [2.24, 2.45) is 0 Å². The van der Waals surface area contributed by atoms with Crippen LogP contribution in [0.25, 0.3) is 10.2 Å². The van der Waals surface area contributed by atoms with Gasteiger partial charge in [0.25, 0.3) is 5.56 Å². The standard InChI is InChI=1S/C22H28N4O2S2/c1-14-15(2)30-22-19(14)21(28)24-18(25-22)13-29-16(3)20(27)23-11-8-12-26(4)17-9-6-5-7-10-17/h5-7,9-10,16H,8,11-13H2,1-4H3,(H,23,27)(H,24,25,28). The first-order chi connectivity index (χ1) is 14.4. The summed E-state index contributed by atoms with van der Waals surface area (Å²) in [6.45, 7) is 7.33. The number of carbonyl (C=O) groups excluding carboxylic acids is 1. The van der Waals surface area contributed by atoms with Crippen molar-refractivity contribution in [3.8, 4) is 0 Å². The zero-order valence-corrected chi connectivity index (χ0v) is 19.5. The van der Waals surface area contributed by atoms with E-state index in [4.69, 9.17) is 0 Å². The third kappa shape index (κ3) is 5.43. The molecular weight excluding hydrogens is 416 g/mol. The van der Waals surface area contributed by atoms with Crippen molar-refractivity contribution in [1.29, 1.82) is 0 Å². The number of hydrogen-bond donors (Lipinski definition) is 2. The van der Waals surface area contributed by atoms with Crippen molar-refractivity contribution >= 4 is 44.9 Å². The molecule has 2 aromatic heterocycles. The fourth-order valence-electron chi connectivity index (χ4n) is 3.13. The van der Waals surface area contributed by atoms with Gasteiger partial charge in [0.15, 0.2) is 0 Å². The second kappa shape index (κ2) is 10.1. The molecule has 1 amide bonds. The average molecular weight is 445 g/mol. The number of para-hydroxylation sites is 1. The second-order valence-electron chi connectivity index (χ2n) is 7.33. The molecule has 0 saturated heterocycles. The molecule has 0 aliphatic carbocycles. The lowest BCUT2D eigenvalue weighted by molar-refractivity contribution is -0.120. The van der Waals surface area contributed by atoms with Crippen LogP contribution in [0.1, 0.15) is 29.6 Å². The van der Waals surface area contributed by atoms with E-state index >= 15 is 0 Å². The summed E-state index contributed by atoms with van der Waals surface area (Å²) in [6, 6.07) is 10.2. The van der Waals surface area contributed by atoms with Gasteiger partial charge in [-0.3, -0.25) is 9.59 Å². The second-order valence-corrected chi connectivity index (χ2v) is 9.86. The van der Waals surface area contributed by atoms with Crippen LogP contribution >= 0.6 is 23.1 Å². The number of fused-ring (bicyclic) bond motifs is 1. The molecule has 0 aliphatic rings. The van der Waals surface area contributed by atoms with Crippen molar-refractivity contribution in [3.63, 3.8) is 0 Å². The number of nitrogens with one attached hydrogen (secondary N) is 2. The molecule has 3 aromatic rings. The predicted octanol–water partition coefficient (Wildman–Crippen LogP) is 3.87. The van der Waals surface area contributed by atoms with E-state index in [1.54, 1.807) is 0 Å². The number of H-pyrrole nitrogens is 1. The average Bonchev–Trinajstić information content (AvgIpc) is 3.03. The number of thioether (sulfide) groups is 1. The van der Waals surface area contributed by atoms with E-state index in [0.29, 0.717) is 23.5 Å². The number of aromatic amines is 1. The fourth-order valence-corrected chi connectivity index (χ4v) is 4.96. The van der Waals surface area contributed by atoms with Gasteiger partial charge in [-0.1, -0.05) is 18.2 Å². The van der Waals surface area contributed by atoms with Crippen LogP contribution in [-0.4, -0.2) is 41.3 Å². The van der Waals surface area contributed by atoms with Crippen LogP contribution in [0, 0.1) is 13.8 Å². The molecule has 160 valence electrons. The number of rotatable bonds is 9. The summed E-state index contributed by atoms with van der Waals surface area (Å²) in [6.07, 6.45) is 0.872. The molecule has 1 aromatic carbocycles. The van der Waals surface area contributed by atoms with Crippen molar-refractivity contribution in [1.82, 2.24) is 15.3 Å². The number of hydrogen-bond acceptors (Lipinski definition) is 6. The van der Waals surface area contributed by atoms with Crippen molar-refractivity contribution in [2.75, 3.05) is 25.0 Å². The van der Waals surface area contributed by atoms with Crippen molar-refractivity contribution in [2.45, 2.75) is 38.2 Å². The van der Waals surface area contributed by atoms with E-state index < -0.39 is 0 Å². The van der Waals surface area contributed by atoms with E-state index in [-0.39, 0.29) is 16.7 Å². The number of aryl methyl sites for hydroxylation is 2. The molecule has 8 heteroatoms. The number of benzene rings is 1. The minimum absolute atomic E-state index is 0.00796. The number of amides is 1. The summed E-state index contributed by atoms with van der Waals surface area (Å²) in [7, 11) is 2.05. The van der Waals surface area contributed by atoms with Crippen LogP contribution in [0.15, 0.2) is 35.1 Å². The Morgan fingerprint density at radius 2 is 2.03 bits per heavy atom. The number of aromatic nitrogens is 2.